The van der Waals surface area contributed by atoms with E-state index in [9.17, 15) is 9.59 Å². The highest BCUT2D eigenvalue weighted by Gasteiger charge is 2.26. The number of amides is 2. The summed E-state index contributed by atoms with van der Waals surface area (Å²) in [6.07, 6.45) is 8.26. The lowest BCUT2D eigenvalue weighted by Gasteiger charge is -2.32. The van der Waals surface area contributed by atoms with Gasteiger partial charge < -0.3 is 15.5 Å². The molecule has 3 heterocycles. The summed E-state index contributed by atoms with van der Waals surface area (Å²) in [6.45, 7) is 2.93. The molecule has 30 heavy (non-hydrogen) atoms. The molecule has 1 aliphatic rings. The van der Waals surface area contributed by atoms with E-state index in [2.05, 4.69) is 30.5 Å². The summed E-state index contributed by atoms with van der Waals surface area (Å²) in [5, 5.41) is 5.68. The summed E-state index contributed by atoms with van der Waals surface area (Å²) < 4.78 is 1.83. The highest BCUT2D eigenvalue weighted by Crippen LogP contribution is 2.24. The minimum Gasteiger partial charge on any atom is -0.356 e. The Bertz CT molecular complexity index is 1030. The van der Waals surface area contributed by atoms with Gasteiger partial charge in [0.05, 0.1) is 0 Å². The summed E-state index contributed by atoms with van der Waals surface area (Å²) in [5.41, 5.74) is 1.34. The van der Waals surface area contributed by atoms with Crippen molar-refractivity contribution in [2.45, 2.75) is 19.8 Å². The highest BCUT2D eigenvalue weighted by atomic mass is 16.2. The number of carbonyl (C=O) groups is 2. The lowest BCUT2D eigenvalue weighted by atomic mass is 9.95. The van der Waals surface area contributed by atoms with Crippen LogP contribution in [0.4, 0.5) is 17.2 Å². The van der Waals surface area contributed by atoms with Crippen LogP contribution in [0.25, 0.3) is 5.82 Å². The average Bonchev–Trinajstić information content (AvgIpc) is 3.29. The van der Waals surface area contributed by atoms with E-state index in [1.807, 2.05) is 22.9 Å². The van der Waals surface area contributed by atoms with Crippen LogP contribution >= 0.6 is 0 Å². The molecule has 9 heteroatoms. The van der Waals surface area contributed by atoms with E-state index in [0.29, 0.717) is 11.4 Å². The van der Waals surface area contributed by atoms with Gasteiger partial charge in [-0.05, 0) is 31.0 Å². The number of piperidine rings is 1. The van der Waals surface area contributed by atoms with Crippen LogP contribution in [0.15, 0.2) is 55.4 Å². The first-order valence-electron chi connectivity index (χ1n) is 9.82. The SMILES string of the molecule is CC(=O)Nc1cccc(NC(=O)C2CCN(c3cc(-n4ccnc4)ncn3)CC2)c1. The molecule has 3 aromatic rings. The molecule has 1 aromatic carbocycles. The zero-order valence-electron chi connectivity index (χ0n) is 16.7. The molecule has 2 amide bonds. The second-order valence-corrected chi connectivity index (χ2v) is 7.22. The molecule has 9 nitrogen and oxygen atoms in total. The minimum absolute atomic E-state index is 0.00332. The largest absolute Gasteiger partial charge is 0.356 e. The van der Waals surface area contributed by atoms with Crippen molar-refractivity contribution in [2.24, 2.45) is 5.92 Å². The summed E-state index contributed by atoms with van der Waals surface area (Å²) in [5.74, 6) is 1.38. The van der Waals surface area contributed by atoms with Crippen LogP contribution in [0, 0.1) is 5.92 Å². The third-order valence-electron chi connectivity index (χ3n) is 5.05. The number of rotatable bonds is 5. The van der Waals surface area contributed by atoms with Crippen LogP contribution in [0.5, 0.6) is 0 Å². The maximum atomic E-state index is 12.7. The number of imidazole rings is 1. The van der Waals surface area contributed by atoms with Crippen molar-refractivity contribution in [2.75, 3.05) is 28.6 Å². The van der Waals surface area contributed by atoms with Crippen molar-refractivity contribution in [3.05, 3.63) is 55.4 Å². The fourth-order valence-electron chi connectivity index (χ4n) is 3.54. The Morgan fingerprint density at radius 3 is 2.47 bits per heavy atom. The van der Waals surface area contributed by atoms with E-state index < -0.39 is 0 Å². The van der Waals surface area contributed by atoms with Crippen molar-refractivity contribution < 1.29 is 9.59 Å². The minimum atomic E-state index is -0.147. The molecule has 2 N–H and O–H groups in total. The third kappa shape index (κ3) is 4.62. The Morgan fingerprint density at radius 1 is 1.03 bits per heavy atom. The van der Waals surface area contributed by atoms with Gasteiger partial charge in [0.1, 0.15) is 24.3 Å². The third-order valence-corrected chi connectivity index (χ3v) is 5.05. The smallest absolute Gasteiger partial charge is 0.227 e. The van der Waals surface area contributed by atoms with Crippen molar-refractivity contribution in [1.82, 2.24) is 19.5 Å². The van der Waals surface area contributed by atoms with Gasteiger partial charge in [0, 0.05) is 55.8 Å². The molecule has 0 atom stereocenters. The average molecular weight is 405 g/mol. The Labute approximate surface area is 174 Å². The molecule has 0 bridgehead atoms. The molecule has 1 aliphatic heterocycles. The number of aromatic nitrogens is 4. The number of nitrogens with one attached hydrogen (secondary N) is 2. The van der Waals surface area contributed by atoms with Crippen LogP contribution in [-0.4, -0.2) is 44.4 Å². The lowest BCUT2D eigenvalue weighted by Crippen LogP contribution is -2.38. The fraction of sp³-hybridized carbons (Fsp3) is 0.286. The molecule has 0 spiro atoms. The van der Waals surface area contributed by atoms with Gasteiger partial charge in [-0.3, -0.25) is 14.2 Å². The summed E-state index contributed by atoms with van der Waals surface area (Å²) in [6, 6.07) is 9.09. The first-order valence-corrected chi connectivity index (χ1v) is 9.82. The van der Waals surface area contributed by atoms with Gasteiger partial charge in [-0.25, -0.2) is 15.0 Å². The Hall–Kier alpha value is -3.75. The van der Waals surface area contributed by atoms with Crippen LogP contribution in [0.1, 0.15) is 19.8 Å². The lowest BCUT2D eigenvalue weighted by molar-refractivity contribution is -0.120. The maximum absolute atomic E-state index is 12.7. The Kier molecular flexibility index (Phi) is 5.69. The van der Waals surface area contributed by atoms with Crippen LogP contribution in [0.2, 0.25) is 0 Å². The van der Waals surface area contributed by atoms with E-state index in [1.165, 1.54) is 6.92 Å². The molecule has 154 valence electrons. The first-order chi connectivity index (χ1) is 14.6. The molecule has 2 aromatic heterocycles. The Balaban J connectivity index is 1.35. The van der Waals surface area contributed by atoms with Gasteiger partial charge in [0.2, 0.25) is 11.8 Å². The van der Waals surface area contributed by atoms with Crippen LogP contribution in [0.3, 0.4) is 0 Å². The van der Waals surface area contributed by atoms with Crippen molar-refractivity contribution in [3.8, 4) is 5.82 Å². The summed E-state index contributed by atoms with van der Waals surface area (Å²) >= 11 is 0. The standard InChI is InChI=1S/C21H23N7O2/c1-15(29)25-17-3-2-4-18(11-17)26-21(30)16-5-8-27(9-6-16)19-12-20(24-13-23-19)28-10-7-22-14-28/h2-4,7,10-14,16H,5-6,8-9H2,1H3,(H,25,29)(H,26,30). The molecule has 0 radical (unpaired) electrons. The zero-order chi connectivity index (χ0) is 20.9. The normalized spacial score (nSPS) is 14.4. The molecule has 1 saturated heterocycles. The maximum Gasteiger partial charge on any atom is 0.227 e. The number of benzene rings is 1. The van der Waals surface area contributed by atoms with E-state index in [4.69, 9.17) is 0 Å². The number of carbonyl (C=O) groups excluding carboxylic acids is 2. The van der Waals surface area contributed by atoms with Crippen molar-refractivity contribution in [1.29, 1.82) is 0 Å². The molecule has 0 saturated carbocycles. The summed E-state index contributed by atoms with van der Waals surface area (Å²) in [7, 11) is 0. The van der Waals surface area contributed by atoms with Gasteiger partial charge in [-0.15, -0.1) is 0 Å². The number of hydrogen-bond acceptors (Lipinski definition) is 6. The first kappa shape index (κ1) is 19.6. The highest BCUT2D eigenvalue weighted by molar-refractivity contribution is 5.94. The molecule has 0 unspecified atom stereocenters. The van der Waals surface area contributed by atoms with E-state index in [0.717, 1.165) is 37.6 Å². The zero-order valence-corrected chi connectivity index (χ0v) is 16.7. The summed E-state index contributed by atoms with van der Waals surface area (Å²) in [4.78, 5) is 38.8. The molecule has 0 aliphatic carbocycles. The van der Waals surface area contributed by atoms with Crippen molar-refractivity contribution in [3.63, 3.8) is 0 Å². The van der Waals surface area contributed by atoms with E-state index in [1.54, 1.807) is 37.1 Å². The van der Waals surface area contributed by atoms with Crippen LogP contribution < -0.4 is 15.5 Å². The second kappa shape index (κ2) is 8.73. The molecular weight excluding hydrogens is 382 g/mol. The van der Waals surface area contributed by atoms with E-state index in [-0.39, 0.29) is 17.7 Å². The van der Waals surface area contributed by atoms with Crippen molar-refractivity contribution >= 4 is 29.0 Å². The molecule has 4 rings (SSSR count). The number of hydrogen-bond donors (Lipinski definition) is 2. The fourth-order valence-corrected chi connectivity index (χ4v) is 3.54. The predicted molar refractivity (Wildman–Crippen MR) is 113 cm³/mol. The second-order valence-electron chi connectivity index (χ2n) is 7.22. The van der Waals surface area contributed by atoms with Gasteiger partial charge in [0.25, 0.3) is 0 Å². The van der Waals surface area contributed by atoms with Crippen LogP contribution in [-0.2, 0) is 9.59 Å². The monoisotopic (exact) mass is 405 g/mol. The van der Waals surface area contributed by atoms with Gasteiger partial charge in [-0.2, -0.15) is 0 Å². The van der Waals surface area contributed by atoms with E-state index >= 15 is 0 Å². The topological polar surface area (TPSA) is 105 Å². The van der Waals surface area contributed by atoms with Gasteiger partial charge >= 0.3 is 0 Å². The molecular formula is C21H23N7O2. The molecule has 1 fully saturated rings. The number of anilines is 3. The quantitative estimate of drug-likeness (QED) is 0.676. The Morgan fingerprint density at radius 2 is 1.77 bits per heavy atom. The predicted octanol–water partition coefficient (Wildman–Crippen LogP) is 2.48. The number of nitrogens with zero attached hydrogens (tertiary/aromatic N) is 5. The van der Waals surface area contributed by atoms with Gasteiger partial charge in [0.15, 0.2) is 0 Å². The van der Waals surface area contributed by atoms with Gasteiger partial charge in [-0.1, -0.05) is 6.07 Å².